The molecule has 0 aromatic carbocycles. The number of rotatable bonds is 2. The molecule has 1 saturated heterocycles. The fourth-order valence-corrected chi connectivity index (χ4v) is 1.84. The van der Waals surface area contributed by atoms with Crippen molar-refractivity contribution in [1.29, 1.82) is 0 Å². The van der Waals surface area contributed by atoms with E-state index in [2.05, 4.69) is 31.2 Å². The minimum absolute atomic E-state index is 0.144. The monoisotopic (exact) mass is 258 g/mol. The van der Waals surface area contributed by atoms with E-state index < -0.39 is 0 Å². The Morgan fingerprint density at radius 2 is 2.36 bits per heavy atom. The van der Waals surface area contributed by atoms with E-state index in [1.54, 1.807) is 0 Å². The summed E-state index contributed by atoms with van der Waals surface area (Å²) in [6.07, 6.45) is 1.42. The molecule has 2 rings (SSSR count). The van der Waals surface area contributed by atoms with Gasteiger partial charge in [0.2, 0.25) is 0 Å². The molecule has 0 atom stereocenters. The summed E-state index contributed by atoms with van der Waals surface area (Å²) in [6, 6.07) is 0.431. The van der Waals surface area contributed by atoms with E-state index >= 15 is 0 Å². The number of likely N-dealkylation sites (N-methyl/N-ethyl adjacent to an activating group) is 1. The first-order chi connectivity index (χ1) is 6.70. The number of hydrogen-bond acceptors (Lipinski definition) is 4. The largest absolute Gasteiger partial charge is 0.353 e. The van der Waals surface area contributed by atoms with Gasteiger partial charge in [-0.25, -0.2) is 4.98 Å². The first kappa shape index (κ1) is 9.67. The van der Waals surface area contributed by atoms with Gasteiger partial charge in [0.1, 0.15) is 10.3 Å². The Balaban J connectivity index is 2.30. The lowest BCUT2D eigenvalue weighted by molar-refractivity contribution is 0.426. The van der Waals surface area contributed by atoms with Crippen LogP contribution in [0.4, 0.5) is 5.82 Å². The maximum absolute atomic E-state index is 11.3. The fourth-order valence-electron chi connectivity index (χ4n) is 1.34. The second-order valence-electron chi connectivity index (χ2n) is 3.29. The van der Waals surface area contributed by atoms with Gasteiger partial charge >= 0.3 is 0 Å². The van der Waals surface area contributed by atoms with Crippen LogP contribution in [0.5, 0.6) is 0 Å². The van der Waals surface area contributed by atoms with Crippen molar-refractivity contribution in [2.24, 2.45) is 0 Å². The third-order valence-electron chi connectivity index (χ3n) is 2.42. The molecule has 76 valence electrons. The van der Waals surface area contributed by atoms with E-state index in [0.29, 0.717) is 16.3 Å². The van der Waals surface area contributed by atoms with E-state index in [-0.39, 0.29) is 5.56 Å². The molecule has 2 N–H and O–H groups in total. The molecule has 14 heavy (non-hydrogen) atoms. The highest BCUT2D eigenvalue weighted by molar-refractivity contribution is 9.10. The van der Waals surface area contributed by atoms with Gasteiger partial charge in [-0.05, 0) is 15.9 Å². The highest BCUT2D eigenvalue weighted by Gasteiger charge is 2.24. The summed E-state index contributed by atoms with van der Waals surface area (Å²) in [5, 5.41) is 3.18. The van der Waals surface area contributed by atoms with Gasteiger partial charge in [0.05, 0.1) is 12.4 Å². The second-order valence-corrected chi connectivity index (χ2v) is 4.09. The Labute approximate surface area is 89.7 Å². The molecular formula is C8H11BrN4O. The van der Waals surface area contributed by atoms with Crippen LogP contribution < -0.4 is 15.8 Å². The molecule has 0 aliphatic carbocycles. The Morgan fingerprint density at radius 1 is 1.64 bits per heavy atom. The summed E-state index contributed by atoms with van der Waals surface area (Å²) in [6.45, 7) is 1.88. The number of H-pyrrole nitrogens is 1. The third kappa shape index (κ3) is 1.55. The second kappa shape index (κ2) is 3.70. The summed E-state index contributed by atoms with van der Waals surface area (Å²) in [5.41, 5.74) is -0.144. The molecule has 1 aliphatic rings. The van der Waals surface area contributed by atoms with Crippen molar-refractivity contribution in [2.45, 2.75) is 6.04 Å². The van der Waals surface area contributed by atoms with Crippen molar-refractivity contribution in [3.8, 4) is 0 Å². The minimum atomic E-state index is -0.144. The van der Waals surface area contributed by atoms with Crippen molar-refractivity contribution in [1.82, 2.24) is 15.3 Å². The zero-order valence-electron chi connectivity index (χ0n) is 7.75. The van der Waals surface area contributed by atoms with Crippen LogP contribution in [0.2, 0.25) is 0 Å². The molecule has 0 radical (unpaired) electrons. The Kier molecular flexibility index (Phi) is 2.56. The average Bonchev–Trinajstić information content (AvgIpc) is 2.06. The zero-order valence-corrected chi connectivity index (χ0v) is 9.34. The SMILES string of the molecule is CN(c1nc[nH]c(=O)c1Br)C1CNC1. The van der Waals surface area contributed by atoms with Crippen molar-refractivity contribution in [2.75, 3.05) is 25.0 Å². The number of nitrogens with zero attached hydrogens (tertiary/aromatic N) is 2. The molecule has 1 aromatic heterocycles. The normalized spacial score (nSPS) is 16.4. The third-order valence-corrected chi connectivity index (χ3v) is 3.13. The Hall–Kier alpha value is -0.880. The number of halogens is 1. The van der Waals surface area contributed by atoms with E-state index in [0.717, 1.165) is 13.1 Å². The molecular weight excluding hydrogens is 248 g/mol. The summed E-state index contributed by atoms with van der Waals surface area (Å²) >= 11 is 3.23. The number of anilines is 1. The molecule has 0 amide bonds. The smallest absolute Gasteiger partial charge is 0.267 e. The highest BCUT2D eigenvalue weighted by atomic mass is 79.9. The molecule has 0 bridgehead atoms. The van der Waals surface area contributed by atoms with Gasteiger partial charge in [-0.15, -0.1) is 0 Å². The van der Waals surface area contributed by atoms with Crippen LogP contribution in [0, 0.1) is 0 Å². The van der Waals surface area contributed by atoms with Crippen LogP contribution in [0.1, 0.15) is 0 Å². The maximum Gasteiger partial charge on any atom is 0.267 e. The van der Waals surface area contributed by atoms with Crippen LogP contribution in [-0.2, 0) is 0 Å². The predicted octanol–water partition coefficient (Wildman–Crippen LogP) is -0.0596. The number of aromatic nitrogens is 2. The lowest BCUT2D eigenvalue weighted by atomic mass is 10.1. The van der Waals surface area contributed by atoms with Crippen LogP contribution in [0.15, 0.2) is 15.6 Å². The highest BCUT2D eigenvalue weighted by Crippen LogP contribution is 2.20. The van der Waals surface area contributed by atoms with Gasteiger partial charge in [-0.1, -0.05) is 0 Å². The quantitative estimate of drug-likeness (QED) is 0.781. The summed E-state index contributed by atoms with van der Waals surface area (Å²) in [4.78, 5) is 19.9. The Bertz CT molecular complexity index is 387. The van der Waals surface area contributed by atoms with Crippen LogP contribution >= 0.6 is 15.9 Å². The van der Waals surface area contributed by atoms with Crippen LogP contribution in [-0.4, -0.2) is 36.1 Å². The van der Waals surface area contributed by atoms with E-state index in [1.165, 1.54) is 6.33 Å². The molecule has 0 spiro atoms. The topological polar surface area (TPSA) is 61.0 Å². The van der Waals surface area contributed by atoms with Gasteiger partial charge < -0.3 is 15.2 Å². The van der Waals surface area contributed by atoms with Gasteiger partial charge in [0.15, 0.2) is 0 Å². The van der Waals surface area contributed by atoms with Gasteiger partial charge in [-0.3, -0.25) is 4.79 Å². The van der Waals surface area contributed by atoms with E-state index in [9.17, 15) is 4.79 Å². The van der Waals surface area contributed by atoms with Gasteiger partial charge in [-0.2, -0.15) is 0 Å². The lowest BCUT2D eigenvalue weighted by Crippen LogP contribution is -2.56. The van der Waals surface area contributed by atoms with Crippen molar-refractivity contribution in [3.63, 3.8) is 0 Å². The van der Waals surface area contributed by atoms with Crippen LogP contribution in [0.3, 0.4) is 0 Å². The molecule has 1 fully saturated rings. The maximum atomic E-state index is 11.3. The van der Waals surface area contributed by atoms with Crippen LogP contribution in [0.25, 0.3) is 0 Å². The fraction of sp³-hybridized carbons (Fsp3) is 0.500. The van der Waals surface area contributed by atoms with E-state index in [4.69, 9.17) is 0 Å². The van der Waals surface area contributed by atoms with Crippen molar-refractivity contribution >= 4 is 21.7 Å². The van der Waals surface area contributed by atoms with Gasteiger partial charge in [0, 0.05) is 20.1 Å². The Morgan fingerprint density at radius 3 is 2.93 bits per heavy atom. The lowest BCUT2D eigenvalue weighted by Gasteiger charge is -2.36. The summed E-state index contributed by atoms with van der Waals surface area (Å²) < 4.78 is 0.495. The predicted molar refractivity (Wildman–Crippen MR) is 57.6 cm³/mol. The molecule has 1 aliphatic heterocycles. The first-order valence-electron chi connectivity index (χ1n) is 4.37. The molecule has 1 aromatic rings. The van der Waals surface area contributed by atoms with Crippen molar-refractivity contribution < 1.29 is 0 Å². The average molecular weight is 259 g/mol. The summed E-state index contributed by atoms with van der Waals surface area (Å²) in [5.74, 6) is 0.695. The molecule has 2 heterocycles. The number of nitrogens with one attached hydrogen (secondary N) is 2. The summed E-state index contributed by atoms with van der Waals surface area (Å²) in [7, 11) is 1.94. The van der Waals surface area contributed by atoms with Gasteiger partial charge in [0.25, 0.3) is 5.56 Å². The standard InChI is InChI=1S/C8H11BrN4O/c1-13(5-2-10-3-5)7-6(9)8(14)12-4-11-7/h4-5,10H,2-3H2,1H3,(H,11,12,14). The molecule has 0 unspecified atom stereocenters. The minimum Gasteiger partial charge on any atom is -0.353 e. The zero-order chi connectivity index (χ0) is 10.1. The molecule has 6 heteroatoms. The first-order valence-corrected chi connectivity index (χ1v) is 5.16. The van der Waals surface area contributed by atoms with Crippen molar-refractivity contribution in [3.05, 3.63) is 21.2 Å². The van der Waals surface area contributed by atoms with E-state index in [1.807, 2.05) is 11.9 Å². The molecule has 0 saturated carbocycles. The number of aromatic amines is 1. The molecule has 5 nitrogen and oxygen atoms in total. The number of hydrogen-bond donors (Lipinski definition) is 2.